The number of nitrogens with two attached hydrogens (primary N) is 1. The van der Waals surface area contributed by atoms with E-state index in [0.29, 0.717) is 23.9 Å². The second kappa shape index (κ2) is 4.62. The zero-order valence-corrected chi connectivity index (χ0v) is 10.9. The predicted octanol–water partition coefficient (Wildman–Crippen LogP) is 0.463. The Morgan fingerprint density at radius 1 is 1.53 bits per heavy atom. The van der Waals surface area contributed by atoms with Crippen LogP contribution in [0, 0.1) is 12.8 Å². The molecular formula is C13H17N5O. The fourth-order valence-electron chi connectivity index (χ4n) is 2.53. The summed E-state index contributed by atoms with van der Waals surface area (Å²) in [6, 6.07) is 1.58. The molecule has 3 heterocycles. The van der Waals surface area contributed by atoms with Gasteiger partial charge in [0.05, 0.1) is 5.56 Å². The Balaban J connectivity index is 2.07. The molecule has 19 heavy (non-hydrogen) atoms. The van der Waals surface area contributed by atoms with E-state index in [9.17, 15) is 4.79 Å². The number of fused-ring (bicyclic) bond motifs is 1. The normalized spacial score (nSPS) is 18.3. The first-order valence-electron chi connectivity index (χ1n) is 6.51. The number of aromatic nitrogens is 4. The number of hydrogen-bond donors (Lipinski definition) is 2. The molecule has 0 saturated carbocycles. The third-order valence-electron chi connectivity index (χ3n) is 3.68. The molecule has 2 aromatic rings. The van der Waals surface area contributed by atoms with Crippen molar-refractivity contribution in [2.24, 2.45) is 11.7 Å². The van der Waals surface area contributed by atoms with E-state index in [1.807, 2.05) is 11.5 Å². The zero-order chi connectivity index (χ0) is 13.4. The van der Waals surface area contributed by atoms with Gasteiger partial charge < -0.3 is 15.3 Å². The van der Waals surface area contributed by atoms with E-state index in [2.05, 4.69) is 15.2 Å². The topological polar surface area (TPSA) is 89.6 Å². The molecule has 6 nitrogen and oxygen atoms in total. The monoisotopic (exact) mass is 259 g/mol. The first-order chi connectivity index (χ1) is 9.19. The fourth-order valence-corrected chi connectivity index (χ4v) is 2.53. The Morgan fingerprint density at radius 2 is 2.37 bits per heavy atom. The number of nitrogens with zero attached hydrogens (tertiary/aromatic N) is 3. The Hall–Kier alpha value is -1.95. The summed E-state index contributed by atoms with van der Waals surface area (Å²) < 4.78 is 2.03. The van der Waals surface area contributed by atoms with E-state index in [1.54, 1.807) is 12.3 Å². The molecule has 1 aliphatic rings. The smallest absolute Gasteiger partial charge is 0.192 e. The Morgan fingerprint density at radius 3 is 3.11 bits per heavy atom. The van der Waals surface area contributed by atoms with E-state index < -0.39 is 0 Å². The zero-order valence-electron chi connectivity index (χ0n) is 10.9. The van der Waals surface area contributed by atoms with Gasteiger partial charge in [0.15, 0.2) is 11.3 Å². The third-order valence-corrected chi connectivity index (χ3v) is 3.68. The lowest BCUT2D eigenvalue weighted by Crippen LogP contribution is -2.27. The van der Waals surface area contributed by atoms with Crippen LogP contribution in [0.5, 0.6) is 0 Å². The van der Waals surface area contributed by atoms with Crippen LogP contribution in [0.15, 0.2) is 17.1 Å². The van der Waals surface area contributed by atoms with Crippen LogP contribution < -0.4 is 11.2 Å². The standard InChI is InChI=1S/C13H17N5O/c1-8-4-11(19)10(6-15-8)13-17-16-12-3-2-9(5-14)7-18(12)13/h4,6,9H,2-3,5,7,14H2,1H3,(H,15,19). The maximum absolute atomic E-state index is 12.0. The summed E-state index contributed by atoms with van der Waals surface area (Å²) in [6.07, 6.45) is 3.62. The second-order valence-corrected chi connectivity index (χ2v) is 5.08. The lowest BCUT2D eigenvalue weighted by molar-refractivity contribution is 0.375. The first-order valence-corrected chi connectivity index (χ1v) is 6.51. The lowest BCUT2D eigenvalue weighted by atomic mass is 9.99. The molecule has 0 aliphatic carbocycles. The van der Waals surface area contributed by atoms with E-state index >= 15 is 0 Å². The largest absolute Gasteiger partial charge is 0.364 e. The van der Waals surface area contributed by atoms with Gasteiger partial charge in [-0.3, -0.25) is 4.79 Å². The van der Waals surface area contributed by atoms with Gasteiger partial charge in [-0.25, -0.2) is 0 Å². The highest BCUT2D eigenvalue weighted by Crippen LogP contribution is 2.23. The number of nitrogens with one attached hydrogen (secondary N) is 1. The average Bonchev–Trinajstić information content (AvgIpc) is 2.81. The molecule has 2 aromatic heterocycles. The van der Waals surface area contributed by atoms with Crippen LogP contribution in [0.2, 0.25) is 0 Å². The summed E-state index contributed by atoms with van der Waals surface area (Å²) in [4.78, 5) is 15.1. The lowest BCUT2D eigenvalue weighted by Gasteiger charge is -2.22. The minimum Gasteiger partial charge on any atom is -0.364 e. The summed E-state index contributed by atoms with van der Waals surface area (Å²) >= 11 is 0. The number of aryl methyl sites for hydroxylation is 2. The van der Waals surface area contributed by atoms with Crippen LogP contribution in [0.4, 0.5) is 0 Å². The molecule has 1 unspecified atom stereocenters. The summed E-state index contributed by atoms with van der Waals surface area (Å²) in [5.74, 6) is 2.03. The van der Waals surface area contributed by atoms with Crippen LogP contribution in [0.3, 0.4) is 0 Å². The van der Waals surface area contributed by atoms with Crippen molar-refractivity contribution in [1.29, 1.82) is 0 Å². The molecule has 0 saturated heterocycles. The number of hydrogen-bond acceptors (Lipinski definition) is 4. The van der Waals surface area contributed by atoms with Gasteiger partial charge in [0.2, 0.25) is 0 Å². The van der Waals surface area contributed by atoms with E-state index in [-0.39, 0.29) is 5.43 Å². The maximum atomic E-state index is 12.0. The molecule has 3 N–H and O–H groups in total. The minimum atomic E-state index is -0.0266. The molecule has 0 aromatic carbocycles. The van der Waals surface area contributed by atoms with Gasteiger partial charge in [0.25, 0.3) is 0 Å². The van der Waals surface area contributed by atoms with Crippen molar-refractivity contribution in [2.45, 2.75) is 26.3 Å². The van der Waals surface area contributed by atoms with Crippen molar-refractivity contribution in [2.75, 3.05) is 6.54 Å². The van der Waals surface area contributed by atoms with Crippen molar-refractivity contribution in [3.8, 4) is 11.4 Å². The van der Waals surface area contributed by atoms with E-state index in [1.165, 1.54) is 0 Å². The minimum absolute atomic E-state index is 0.0266. The van der Waals surface area contributed by atoms with Gasteiger partial charge in [-0.15, -0.1) is 10.2 Å². The molecule has 0 spiro atoms. The van der Waals surface area contributed by atoms with Crippen LogP contribution >= 0.6 is 0 Å². The van der Waals surface area contributed by atoms with E-state index in [0.717, 1.165) is 30.9 Å². The quantitative estimate of drug-likeness (QED) is 0.820. The van der Waals surface area contributed by atoms with Gasteiger partial charge in [0.1, 0.15) is 5.82 Å². The molecule has 0 amide bonds. The predicted molar refractivity (Wildman–Crippen MR) is 71.7 cm³/mol. The van der Waals surface area contributed by atoms with Crippen molar-refractivity contribution in [3.63, 3.8) is 0 Å². The highest BCUT2D eigenvalue weighted by molar-refractivity contribution is 5.54. The van der Waals surface area contributed by atoms with E-state index in [4.69, 9.17) is 5.73 Å². The Labute approximate surface area is 110 Å². The molecule has 0 bridgehead atoms. The highest BCUT2D eigenvalue weighted by Gasteiger charge is 2.23. The Kier molecular flexibility index (Phi) is 2.94. The first kappa shape index (κ1) is 12.1. The van der Waals surface area contributed by atoms with Gasteiger partial charge in [0, 0.05) is 30.9 Å². The number of rotatable bonds is 2. The molecule has 0 radical (unpaired) electrons. The summed E-state index contributed by atoms with van der Waals surface area (Å²) in [7, 11) is 0. The van der Waals surface area contributed by atoms with Crippen LogP contribution in [-0.2, 0) is 13.0 Å². The van der Waals surface area contributed by atoms with Crippen molar-refractivity contribution < 1.29 is 0 Å². The summed E-state index contributed by atoms with van der Waals surface area (Å²) in [5, 5.41) is 8.36. The summed E-state index contributed by atoms with van der Waals surface area (Å²) in [6.45, 7) is 3.30. The molecule has 3 rings (SSSR count). The van der Waals surface area contributed by atoms with Crippen LogP contribution in [0.25, 0.3) is 11.4 Å². The summed E-state index contributed by atoms with van der Waals surface area (Å²) in [5.41, 5.74) is 7.13. The van der Waals surface area contributed by atoms with Crippen LogP contribution in [0.1, 0.15) is 17.9 Å². The number of aromatic amines is 1. The SMILES string of the molecule is Cc1cc(=O)c(-c2nnc3n2CC(CN)CC3)c[nH]1. The molecule has 1 aliphatic heterocycles. The molecular weight excluding hydrogens is 242 g/mol. The Bertz CT molecular complexity index is 657. The third kappa shape index (κ3) is 2.08. The van der Waals surface area contributed by atoms with Gasteiger partial charge in [-0.05, 0) is 25.8 Å². The van der Waals surface area contributed by atoms with Gasteiger partial charge in [-0.1, -0.05) is 0 Å². The van der Waals surface area contributed by atoms with Gasteiger partial charge >= 0.3 is 0 Å². The molecule has 6 heteroatoms. The van der Waals surface area contributed by atoms with Gasteiger partial charge in [-0.2, -0.15) is 0 Å². The molecule has 100 valence electrons. The van der Waals surface area contributed by atoms with Crippen LogP contribution in [-0.4, -0.2) is 26.3 Å². The van der Waals surface area contributed by atoms with Crippen molar-refractivity contribution in [1.82, 2.24) is 19.7 Å². The van der Waals surface area contributed by atoms with Crippen molar-refractivity contribution in [3.05, 3.63) is 34.0 Å². The fraction of sp³-hybridized carbons (Fsp3) is 0.462. The highest BCUT2D eigenvalue weighted by atomic mass is 16.1. The average molecular weight is 259 g/mol. The number of pyridine rings is 1. The maximum Gasteiger partial charge on any atom is 0.192 e. The number of H-pyrrole nitrogens is 1. The molecule has 0 fully saturated rings. The molecule has 1 atom stereocenters. The van der Waals surface area contributed by atoms with Crippen molar-refractivity contribution >= 4 is 0 Å². The second-order valence-electron chi connectivity index (χ2n) is 5.08.